The second-order valence-electron chi connectivity index (χ2n) is 6.56. The van der Waals surface area contributed by atoms with Crippen molar-refractivity contribution in [1.82, 2.24) is 24.6 Å². The van der Waals surface area contributed by atoms with E-state index in [-0.39, 0.29) is 18.2 Å². The van der Waals surface area contributed by atoms with Gasteiger partial charge in [0.2, 0.25) is 11.8 Å². The highest BCUT2D eigenvalue weighted by molar-refractivity contribution is 5.85. The third-order valence-corrected chi connectivity index (χ3v) is 4.75. The predicted octanol–water partition coefficient (Wildman–Crippen LogP) is 0.927. The average molecular weight is 341 g/mol. The minimum Gasteiger partial charge on any atom is -0.347 e. The lowest BCUT2D eigenvalue weighted by Gasteiger charge is -2.42. The predicted molar refractivity (Wildman–Crippen MR) is 92.7 cm³/mol. The Kier molecular flexibility index (Phi) is 4.83. The van der Waals surface area contributed by atoms with Crippen LogP contribution in [0.2, 0.25) is 0 Å². The summed E-state index contributed by atoms with van der Waals surface area (Å²) in [5.74, 6) is 0.0677. The summed E-state index contributed by atoms with van der Waals surface area (Å²) in [7, 11) is 3.51. The van der Waals surface area contributed by atoms with Crippen LogP contribution in [0.4, 0.5) is 0 Å². The Labute approximate surface area is 147 Å². The lowest BCUT2D eigenvalue weighted by Crippen LogP contribution is -2.56. The second kappa shape index (κ2) is 7.04. The molecule has 132 valence electrons. The molecule has 2 aromatic rings. The smallest absolute Gasteiger partial charge is 0.250 e. The topological polar surface area (TPSA) is 71.3 Å². The standard InChI is InChI=1S/C18H23N5O2/c1-21(2)17(25)18(23-11-5-10-20-23)7-12-22(13-8-18)16(24)14-15-6-3-4-9-19-15/h3-6,9-11H,7-8,12-14H2,1-2H3. The van der Waals surface area contributed by atoms with Crippen LogP contribution in [-0.4, -0.2) is 63.6 Å². The molecule has 0 unspecified atom stereocenters. The van der Waals surface area contributed by atoms with Gasteiger partial charge in [0.15, 0.2) is 0 Å². The van der Waals surface area contributed by atoms with Crippen LogP contribution in [0, 0.1) is 0 Å². The van der Waals surface area contributed by atoms with Crippen LogP contribution in [0.1, 0.15) is 18.5 Å². The molecule has 2 amide bonds. The van der Waals surface area contributed by atoms with E-state index in [1.54, 1.807) is 36.1 Å². The molecule has 7 heteroatoms. The van der Waals surface area contributed by atoms with Crippen LogP contribution < -0.4 is 0 Å². The number of likely N-dealkylation sites (tertiary alicyclic amines) is 1. The molecule has 0 N–H and O–H groups in total. The quantitative estimate of drug-likeness (QED) is 0.829. The molecule has 3 heterocycles. The van der Waals surface area contributed by atoms with Crippen LogP contribution >= 0.6 is 0 Å². The fourth-order valence-electron chi connectivity index (χ4n) is 3.37. The van der Waals surface area contributed by atoms with E-state index in [1.807, 2.05) is 35.4 Å². The van der Waals surface area contributed by atoms with Gasteiger partial charge in [0.05, 0.1) is 6.42 Å². The number of piperidine rings is 1. The number of rotatable bonds is 4. The highest BCUT2D eigenvalue weighted by Crippen LogP contribution is 2.31. The summed E-state index contributed by atoms with van der Waals surface area (Å²) in [6, 6.07) is 7.39. The zero-order valence-corrected chi connectivity index (χ0v) is 14.6. The second-order valence-corrected chi connectivity index (χ2v) is 6.56. The normalized spacial score (nSPS) is 16.5. The first-order valence-corrected chi connectivity index (χ1v) is 8.42. The molecule has 0 atom stereocenters. The van der Waals surface area contributed by atoms with Gasteiger partial charge in [-0.05, 0) is 31.0 Å². The van der Waals surface area contributed by atoms with Gasteiger partial charge in [0, 0.05) is 51.5 Å². The van der Waals surface area contributed by atoms with Crippen molar-refractivity contribution in [2.45, 2.75) is 24.8 Å². The summed E-state index contributed by atoms with van der Waals surface area (Å²) in [6.07, 6.45) is 6.60. The first-order valence-electron chi connectivity index (χ1n) is 8.42. The van der Waals surface area contributed by atoms with Crippen molar-refractivity contribution in [1.29, 1.82) is 0 Å². The molecule has 25 heavy (non-hydrogen) atoms. The molecule has 7 nitrogen and oxygen atoms in total. The zero-order valence-electron chi connectivity index (χ0n) is 14.6. The minimum absolute atomic E-state index is 0.0213. The highest BCUT2D eigenvalue weighted by atomic mass is 16.2. The number of likely N-dealkylation sites (N-methyl/N-ethyl adjacent to an activating group) is 1. The Hall–Kier alpha value is -2.70. The highest BCUT2D eigenvalue weighted by Gasteiger charge is 2.45. The summed E-state index contributed by atoms with van der Waals surface area (Å²) in [6.45, 7) is 1.07. The van der Waals surface area contributed by atoms with Crippen LogP contribution in [0.5, 0.6) is 0 Å². The third-order valence-electron chi connectivity index (χ3n) is 4.75. The van der Waals surface area contributed by atoms with Gasteiger partial charge >= 0.3 is 0 Å². The fourth-order valence-corrected chi connectivity index (χ4v) is 3.37. The van der Waals surface area contributed by atoms with E-state index >= 15 is 0 Å². The van der Waals surface area contributed by atoms with E-state index < -0.39 is 5.54 Å². The summed E-state index contributed by atoms with van der Waals surface area (Å²) >= 11 is 0. The molecule has 0 spiro atoms. The Morgan fingerprint density at radius 1 is 1.16 bits per heavy atom. The fraction of sp³-hybridized carbons (Fsp3) is 0.444. The van der Waals surface area contributed by atoms with Crippen molar-refractivity contribution in [3.05, 3.63) is 48.5 Å². The summed E-state index contributed by atoms with van der Waals surface area (Å²) < 4.78 is 1.75. The van der Waals surface area contributed by atoms with E-state index in [2.05, 4.69) is 10.1 Å². The van der Waals surface area contributed by atoms with Crippen molar-refractivity contribution in [2.24, 2.45) is 0 Å². The van der Waals surface area contributed by atoms with Crippen molar-refractivity contribution in [3.8, 4) is 0 Å². The number of pyridine rings is 1. The molecular formula is C18H23N5O2. The summed E-state index contributed by atoms with van der Waals surface area (Å²) in [4.78, 5) is 33.0. The SMILES string of the molecule is CN(C)C(=O)C1(n2cccn2)CCN(C(=O)Cc2ccccn2)CC1. The van der Waals surface area contributed by atoms with Gasteiger partial charge in [-0.2, -0.15) is 5.10 Å². The molecule has 1 aliphatic heterocycles. The Morgan fingerprint density at radius 2 is 1.92 bits per heavy atom. The molecule has 0 bridgehead atoms. The molecule has 1 fully saturated rings. The molecule has 1 saturated heterocycles. The van der Waals surface area contributed by atoms with Gasteiger partial charge in [0.25, 0.3) is 0 Å². The van der Waals surface area contributed by atoms with E-state index in [0.717, 1.165) is 5.69 Å². The molecule has 3 rings (SSSR count). The van der Waals surface area contributed by atoms with E-state index in [1.165, 1.54) is 0 Å². The Balaban J connectivity index is 1.72. The number of nitrogens with zero attached hydrogens (tertiary/aromatic N) is 5. The van der Waals surface area contributed by atoms with Crippen LogP contribution in [-0.2, 0) is 21.5 Å². The summed E-state index contributed by atoms with van der Waals surface area (Å²) in [5, 5.41) is 4.31. The lowest BCUT2D eigenvalue weighted by molar-refractivity contribution is -0.145. The van der Waals surface area contributed by atoms with Crippen molar-refractivity contribution in [2.75, 3.05) is 27.2 Å². The van der Waals surface area contributed by atoms with Crippen LogP contribution in [0.15, 0.2) is 42.9 Å². The van der Waals surface area contributed by atoms with Crippen molar-refractivity contribution < 1.29 is 9.59 Å². The molecule has 1 aliphatic rings. The number of hydrogen-bond acceptors (Lipinski definition) is 4. The summed E-state index contributed by atoms with van der Waals surface area (Å²) in [5.41, 5.74) is 0.0511. The van der Waals surface area contributed by atoms with Gasteiger partial charge in [-0.15, -0.1) is 0 Å². The number of hydrogen-bond donors (Lipinski definition) is 0. The van der Waals surface area contributed by atoms with Gasteiger partial charge in [-0.1, -0.05) is 6.07 Å². The van der Waals surface area contributed by atoms with Gasteiger partial charge in [-0.25, -0.2) is 0 Å². The zero-order chi connectivity index (χ0) is 17.9. The molecule has 0 radical (unpaired) electrons. The Bertz CT molecular complexity index is 719. The Morgan fingerprint density at radius 3 is 2.48 bits per heavy atom. The maximum Gasteiger partial charge on any atom is 0.250 e. The maximum absolute atomic E-state index is 12.8. The lowest BCUT2D eigenvalue weighted by atomic mass is 9.86. The molecule has 0 saturated carbocycles. The average Bonchev–Trinajstić information content (AvgIpc) is 3.17. The number of amides is 2. The number of carbonyl (C=O) groups is 2. The van der Waals surface area contributed by atoms with E-state index in [0.29, 0.717) is 25.9 Å². The molecule has 0 aliphatic carbocycles. The minimum atomic E-state index is -0.714. The van der Waals surface area contributed by atoms with Gasteiger partial charge < -0.3 is 9.80 Å². The number of carbonyl (C=O) groups excluding carboxylic acids is 2. The van der Waals surface area contributed by atoms with E-state index in [9.17, 15) is 9.59 Å². The van der Waals surface area contributed by atoms with Crippen LogP contribution in [0.25, 0.3) is 0 Å². The molecule has 2 aromatic heterocycles. The molecular weight excluding hydrogens is 318 g/mol. The maximum atomic E-state index is 12.8. The van der Waals surface area contributed by atoms with E-state index in [4.69, 9.17) is 0 Å². The van der Waals surface area contributed by atoms with Gasteiger partial charge in [0.1, 0.15) is 5.54 Å². The van der Waals surface area contributed by atoms with Crippen molar-refractivity contribution >= 4 is 11.8 Å². The number of aromatic nitrogens is 3. The monoisotopic (exact) mass is 341 g/mol. The molecule has 0 aromatic carbocycles. The first kappa shape index (κ1) is 17.1. The van der Waals surface area contributed by atoms with Crippen LogP contribution in [0.3, 0.4) is 0 Å². The van der Waals surface area contributed by atoms with Crippen molar-refractivity contribution in [3.63, 3.8) is 0 Å². The van der Waals surface area contributed by atoms with Gasteiger partial charge in [-0.3, -0.25) is 19.3 Å². The largest absolute Gasteiger partial charge is 0.347 e. The first-order chi connectivity index (χ1) is 12.0. The third kappa shape index (κ3) is 3.40.